The van der Waals surface area contributed by atoms with Crippen LogP contribution in [0.2, 0.25) is 0 Å². The molecule has 2 aromatic rings. The number of aliphatic hydroxyl groups excluding tert-OH is 1. The van der Waals surface area contributed by atoms with Crippen LogP contribution < -0.4 is 4.74 Å². The Morgan fingerprint density at radius 3 is 2.48 bits per heavy atom. The van der Waals surface area contributed by atoms with Gasteiger partial charge in [0.1, 0.15) is 5.75 Å². The molecule has 0 amide bonds. The number of hydrogen-bond acceptors (Lipinski definition) is 7. The van der Waals surface area contributed by atoms with Crippen LogP contribution in [0.15, 0.2) is 29.2 Å². The number of ether oxygens (including phenoxy) is 1. The van der Waals surface area contributed by atoms with Gasteiger partial charge in [-0.3, -0.25) is 0 Å². The minimum Gasteiger partial charge on any atom is -0.497 e. The van der Waals surface area contributed by atoms with Crippen molar-refractivity contribution in [3.63, 3.8) is 0 Å². The highest BCUT2D eigenvalue weighted by Gasteiger charge is 2.45. The van der Waals surface area contributed by atoms with E-state index < -0.39 is 22.1 Å². The molecule has 0 radical (unpaired) electrons. The average molecular weight is 422 g/mol. The fourth-order valence-corrected chi connectivity index (χ4v) is 6.34. The van der Waals surface area contributed by atoms with E-state index in [1.807, 2.05) is 4.68 Å². The second-order valence-electron chi connectivity index (χ2n) is 7.71. The van der Waals surface area contributed by atoms with Crippen LogP contribution in [0.25, 0.3) is 0 Å². The molecule has 29 heavy (non-hydrogen) atoms. The first-order chi connectivity index (χ1) is 14.1. The molecule has 1 aromatic heterocycles. The van der Waals surface area contributed by atoms with E-state index in [0.29, 0.717) is 24.4 Å². The Hall–Kier alpha value is -2.04. The number of hydrogen-bond donors (Lipinski definition) is 1. The van der Waals surface area contributed by atoms with Gasteiger partial charge in [-0.2, -0.15) is 4.31 Å². The van der Waals surface area contributed by atoms with E-state index in [1.54, 1.807) is 12.1 Å². The molecule has 9 nitrogen and oxygen atoms in total. The third kappa shape index (κ3) is 3.76. The largest absolute Gasteiger partial charge is 0.497 e. The smallest absolute Gasteiger partial charge is 0.244 e. The van der Waals surface area contributed by atoms with Gasteiger partial charge in [0.05, 0.1) is 30.7 Å². The van der Waals surface area contributed by atoms with Gasteiger partial charge < -0.3 is 9.84 Å². The van der Waals surface area contributed by atoms with Crippen LogP contribution >= 0.6 is 0 Å². The first-order valence-corrected chi connectivity index (χ1v) is 11.6. The number of nitrogens with zero attached hydrogens (tertiary/aromatic N) is 5. The summed E-state index contributed by atoms with van der Waals surface area (Å²) in [5, 5.41) is 22.2. The Kier molecular flexibility index (Phi) is 5.84. The van der Waals surface area contributed by atoms with E-state index in [4.69, 9.17) is 4.74 Å². The van der Waals surface area contributed by atoms with E-state index >= 15 is 0 Å². The zero-order valence-electron chi connectivity index (χ0n) is 16.5. The van der Waals surface area contributed by atoms with Gasteiger partial charge in [0.25, 0.3) is 0 Å². The third-order valence-electron chi connectivity index (χ3n) is 6.02. The van der Waals surface area contributed by atoms with Crippen LogP contribution in [0.5, 0.6) is 5.75 Å². The maximum absolute atomic E-state index is 13.5. The number of sulfonamides is 1. The predicted octanol–water partition coefficient (Wildman–Crippen LogP) is 2.07. The van der Waals surface area contributed by atoms with E-state index in [-0.39, 0.29) is 17.5 Å². The van der Waals surface area contributed by atoms with E-state index in [2.05, 4.69) is 15.5 Å². The molecule has 158 valence electrons. The minimum atomic E-state index is -3.84. The van der Waals surface area contributed by atoms with Gasteiger partial charge in [-0.1, -0.05) is 19.3 Å². The van der Waals surface area contributed by atoms with Crippen LogP contribution in [0.3, 0.4) is 0 Å². The Balaban J connectivity index is 1.70. The van der Waals surface area contributed by atoms with Gasteiger partial charge in [0.2, 0.25) is 10.0 Å². The van der Waals surface area contributed by atoms with Crippen molar-refractivity contribution in [1.82, 2.24) is 24.5 Å². The summed E-state index contributed by atoms with van der Waals surface area (Å²) in [5.41, 5.74) is 0. The third-order valence-corrected chi connectivity index (χ3v) is 8.00. The predicted molar refractivity (Wildman–Crippen MR) is 105 cm³/mol. The van der Waals surface area contributed by atoms with Crippen molar-refractivity contribution in [3.8, 4) is 5.75 Å². The Morgan fingerprint density at radius 2 is 1.83 bits per heavy atom. The van der Waals surface area contributed by atoms with Gasteiger partial charge in [0.15, 0.2) is 5.82 Å². The normalized spacial score (nSPS) is 24.1. The van der Waals surface area contributed by atoms with Crippen LogP contribution in [0.1, 0.15) is 62.9 Å². The standard InChI is InChI=1S/C19H27N5O4S/c1-28-16-8-10-17(11-9-16)29(26,27)24-15(13-25)7-12-18(24)19-20-21-22-23(19)14-5-3-2-4-6-14/h8-11,14-15,18,25H,2-7,12-13H2,1H3/t15-,18-/m0/s1. The first-order valence-electron chi connectivity index (χ1n) is 10.1. The molecule has 1 aliphatic carbocycles. The SMILES string of the molecule is COc1ccc(S(=O)(=O)N2[C@H](CO)CC[C@H]2c2nnnn2C2CCCCC2)cc1. The molecule has 2 aliphatic rings. The highest BCUT2D eigenvalue weighted by molar-refractivity contribution is 7.89. The fourth-order valence-electron chi connectivity index (χ4n) is 4.51. The summed E-state index contributed by atoms with van der Waals surface area (Å²) in [4.78, 5) is 0.167. The van der Waals surface area contributed by atoms with Crippen LogP contribution in [-0.2, 0) is 10.0 Å². The van der Waals surface area contributed by atoms with Crippen molar-refractivity contribution >= 4 is 10.0 Å². The molecule has 4 rings (SSSR count). The minimum absolute atomic E-state index is 0.167. The summed E-state index contributed by atoms with van der Waals surface area (Å²) in [6.45, 7) is -0.239. The van der Waals surface area contributed by atoms with Gasteiger partial charge in [-0.25, -0.2) is 13.1 Å². The van der Waals surface area contributed by atoms with E-state index in [0.717, 1.165) is 25.7 Å². The zero-order chi connectivity index (χ0) is 20.4. The van der Waals surface area contributed by atoms with Crippen molar-refractivity contribution in [2.45, 2.75) is 68.0 Å². The summed E-state index contributed by atoms with van der Waals surface area (Å²) in [6.07, 6.45) is 6.60. The van der Waals surface area contributed by atoms with Gasteiger partial charge >= 0.3 is 0 Å². The molecule has 1 aromatic carbocycles. The molecule has 2 fully saturated rings. The zero-order valence-corrected chi connectivity index (χ0v) is 17.3. The molecule has 2 heterocycles. The van der Waals surface area contributed by atoms with Gasteiger partial charge in [-0.15, -0.1) is 5.10 Å². The Bertz CT molecular complexity index is 924. The first kappa shape index (κ1) is 20.2. The molecule has 1 aliphatic heterocycles. The van der Waals surface area contributed by atoms with Crippen LogP contribution in [-0.4, -0.2) is 57.8 Å². The number of tetrazole rings is 1. The molecular weight excluding hydrogens is 394 g/mol. The molecule has 1 saturated heterocycles. The molecule has 10 heteroatoms. The highest BCUT2D eigenvalue weighted by Crippen LogP contribution is 2.41. The number of aromatic nitrogens is 4. The van der Waals surface area contributed by atoms with Crippen molar-refractivity contribution in [3.05, 3.63) is 30.1 Å². The van der Waals surface area contributed by atoms with Crippen molar-refractivity contribution < 1.29 is 18.3 Å². The lowest BCUT2D eigenvalue weighted by molar-refractivity contribution is 0.191. The maximum Gasteiger partial charge on any atom is 0.244 e. The summed E-state index contributed by atoms with van der Waals surface area (Å²) >= 11 is 0. The Labute approximate surface area is 170 Å². The number of methoxy groups -OCH3 is 1. The molecule has 1 saturated carbocycles. The monoisotopic (exact) mass is 421 g/mol. The van der Waals surface area contributed by atoms with Crippen LogP contribution in [0, 0.1) is 0 Å². The van der Waals surface area contributed by atoms with E-state index in [9.17, 15) is 13.5 Å². The summed E-state index contributed by atoms with van der Waals surface area (Å²) < 4.78 is 35.3. The fraction of sp³-hybridized carbons (Fsp3) is 0.632. The molecule has 0 unspecified atom stereocenters. The molecule has 1 N–H and O–H groups in total. The van der Waals surface area contributed by atoms with E-state index in [1.165, 1.54) is 30.0 Å². The molecular formula is C19H27N5O4S. The van der Waals surface area contributed by atoms with Gasteiger partial charge in [-0.05, 0) is 60.4 Å². The molecule has 0 spiro atoms. The number of rotatable bonds is 6. The highest BCUT2D eigenvalue weighted by atomic mass is 32.2. The van der Waals surface area contributed by atoms with Crippen LogP contribution in [0.4, 0.5) is 0 Å². The Morgan fingerprint density at radius 1 is 1.10 bits per heavy atom. The van der Waals surface area contributed by atoms with Gasteiger partial charge in [0, 0.05) is 6.04 Å². The number of benzene rings is 1. The summed E-state index contributed by atoms with van der Waals surface area (Å²) in [6, 6.07) is 5.52. The second-order valence-corrected chi connectivity index (χ2v) is 9.56. The molecule has 2 atom stereocenters. The maximum atomic E-state index is 13.5. The lowest BCUT2D eigenvalue weighted by Gasteiger charge is -2.29. The quantitative estimate of drug-likeness (QED) is 0.760. The summed E-state index contributed by atoms with van der Waals surface area (Å²) in [5.74, 6) is 1.16. The van der Waals surface area contributed by atoms with Crippen molar-refractivity contribution in [2.75, 3.05) is 13.7 Å². The number of aliphatic hydroxyl groups is 1. The van der Waals surface area contributed by atoms with Crippen molar-refractivity contribution in [2.24, 2.45) is 0 Å². The topological polar surface area (TPSA) is 110 Å². The lowest BCUT2D eigenvalue weighted by atomic mass is 9.95. The average Bonchev–Trinajstić information content (AvgIpc) is 3.41. The second kappa shape index (κ2) is 8.37. The molecule has 0 bridgehead atoms. The van der Waals surface area contributed by atoms with Crippen molar-refractivity contribution in [1.29, 1.82) is 0 Å². The lowest BCUT2D eigenvalue weighted by Crippen LogP contribution is -2.40. The summed E-state index contributed by atoms with van der Waals surface area (Å²) in [7, 11) is -2.30.